The molecule has 7 heteroatoms. The number of hydrogen-bond acceptors (Lipinski definition) is 7. The van der Waals surface area contributed by atoms with E-state index in [1.165, 1.54) is 5.56 Å². The molecule has 1 aromatic heterocycles. The lowest BCUT2D eigenvalue weighted by molar-refractivity contribution is -0.231. The Morgan fingerprint density at radius 1 is 0.964 bits per heavy atom. The molecular formula is C21H22O5S2. The van der Waals surface area contributed by atoms with E-state index in [2.05, 4.69) is 17.5 Å². The molecule has 0 aliphatic carbocycles. The molecule has 2 aromatic carbocycles. The van der Waals surface area contributed by atoms with Crippen molar-refractivity contribution in [3.05, 3.63) is 65.0 Å². The van der Waals surface area contributed by atoms with Gasteiger partial charge in [0.05, 0.1) is 6.61 Å². The van der Waals surface area contributed by atoms with Crippen molar-refractivity contribution in [1.82, 2.24) is 0 Å². The summed E-state index contributed by atoms with van der Waals surface area (Å²) in [5, 5.41) is 43.1. The highest BCUT2D eigenvalue weighted by molar-refractivity contribution is 7.98. The topological polar surface area (TPSA) is 90.2 Å². The van der Waals surface area contributed by atoms with Gasteiger partial charge in [-0.2, -0.15) is 0 Å². The summed E-state index contributed by atoms with van der Waals surface area (Å²) in [6.07, 6.45) is -5.71. The maximum absolute atomic E-state index is 10.4. The smallest absolute Gasteiger partial charge is 0.113 e. The molecule has 4 rings (SSSR count). The summed E-state index contributed by atoms with van der Waals surface area (Å²) in [6.45, 7) is -0.430. The lowest BCUT2D eigenvalue weighted by Gasteiger charge is -2.40. The standard InChI is InChI=1S/C21H22O5S2/c22-9-15-18(23)19(24)20(25)21(26-15)13-6-7-16-14(8-13)17(11-28-16)27-10-12-4-2-1-3-5-12/h1-8,11,15,18-25H,9-10H2/t15-,18-,19+,20-,21+/m1/s1. The number of aliphatic hydroxyl groups is 4. The van der Waals surface area contributed by atoms with Crippen LogP contribution in [0.25, 0.3) is 10.1 Å². The Morgan fingerprint density at radius 3 is 2.50 bits per heavy atom. The lowest BCUT2D eigenvalue weighted by Crippen LogP contribution is -2.55. The molecule has 1 aliphatic heterocycles. The Morgan fingerprint density at radius 2 is 1.75 bits per heavy atom. The molecule has 1 saturated heterocycles. The van der Waals surface area contributed by atoms with E-state index in [1.807, 2.05) is 36.4 Å². The Bertz CT molecular complexity index is 927. The van der Waals surface area contributed by atoms with Gasteiger partial charge in [-0.15, -0.1) is 23.1 Å². The second-order valence-electron chi connectivity index (χ2n) is 6.88. The summed E-state index contributed by atoms with van der Waals surface area (Å²) >= 11 is 3.41. The maximum Gasteiger partial charge on any atom is 0.113 e. The number of hydrogen-bond donors (Lipinski definition) is 4. The molecule has 0 spiro atoms. The average molecular weight is 419 g/mol. The highest BCUT2D eigenvalue weighted by atomic mass is 32.2. The first kappa shape index (κ1) is 19.8. The van der Waals surface area contributed by atoms with Crippen molar-refractivity contribution in [2.45, 2.75) is 41.2 Å². The molecule has 0 radical (unpaired) electrons. The van der Waals surface area contributed by atoms with Gasteiger partial charge in [-0.25, -0.2) is 0 Å². The highest BCUT2D eigenvalue weighted by Gasteiger charge is 2.43. The van der Waals surface area contributed by atoms with Crippen LogP contribution >= 0.6 is 23.1 Å². The Hall–Kier alpha value is -1.45. The minimum Gasteiger partial charge on any atom is -0.394 e. The van der Waals surface area contributed by atoms with Crippen molar-refractivity contribution in [3.8, 4) is 0 Å². The first-order valence-corrected chi connectivity index (χ1v) is 10.9. The molecule has 4 N–H and O–H groups in total. The second kappa shape index (κ2) is 8.51. The molecule has 3 aromatic rings. The van der Waals surface area contributed by atoms with E-state index in [0.717, 1.165) is 20.7 Å². The van der Waals surface area contributed by atoms with Crippen molar-refractivity contribution in [2.24, 2.45) is 0 Å². The number of rotatable bonds is 5. The van der Waals surface area contributed by atoms with Gasteiger partial charge in [-0.05, 0) is 23.3 Å². The van der Waals surface area contributed by atoms with Gasteiger partial charge >= 0.3 is 0 Å². The van der Waals surface area contributed by atoms with E-state index in [4.69, 9.17) is 4.74 Å². The van der Waals surface area contributed by atoms with Gasteiger partial charge in [0.15, 0.2) is 0 Å². The Kier molecular flexibility index (Phi) is 6.03. The predicted octanol–water partition coefficient (Wildman–Crippen LogP) is 2.71. The minimum absolute atomic E-state index is 0.430. The van der Waals surface area contributed by atoms with E-state index in [-0.39, 0.29) is 0 Å². The summed E-state index contributed by atoms with van der Waals surface area (Å²) in [5.41, 5.74) is 1.96. The summed E-state index contributed by atoms with van der Waals surface area (Å²) in [5.74, 6) is 0.858. The molecule has 0 bridgehead atoms. The molecule has 0 amide bonds. The molecular weight excluding hydrogens is 396 g/mol. The first-order valence-electron chi connectivity index (χ1n) is 9.07. The molecule has 2 heterocycles. The van der Waals surface area contributed by atoms with E-state index < -0.39 is 37.1 Å². The largest absolute Gasteiger partial charge is 0.394 e. The number of thioether (sulfide) groups is 1. The first-order chi connectivity index (χ1) is 13.6. The normalized spacial score (nSPS) is 27.9. The summed E-state index contributed by atoms with van der Waals surface area (Å²) < 4.78 is 6.83. The van der Waals surface area contributed by atoms with Gasteiger partial charge < -0.3 is 25.2 Å². The quantitative estimate of drug-likeness (QED) is 0.477. The van der Waals surface area contributed by atoms with Crippen LogP contribution < -0.4 is 0 Å². The van der Waals surface area contributed by atoms with Gasteiger partial charge in [0.25, 0.3) is 0 Å². The zero-order valence-corrected chi connectivity index (χ0v) is 16.6. The molecule has 0 unspecified atom stereocenters. The van der Waals surface area contributed by atoms with Gasteiger partial charge in [0, 0.05) is 26.1 Å². The average Bonchev–Trinajstić information content (AvgIpc) is 3.14. The summed E-state index contributed by atoms with van der Waals surface area (Å²) in [6, 6.07) is 16.0. The molecule has 0 saturated carbocycles. The summed E-state index contributed by atoms with van der Waals surface area (Å²) in [7, 11) is 0. The SMILES string of the molecule is OC[C@H]1O[C@@H](c2ccc3scc(SCc4ccccc4)c3c2)[C@H](O)[C@@H](O)[C@@H]1O. The van der Waals surface area contributed by atoms with Crippen molar-refractivity contribution in [3.63, 3.8) is 0 Å². The van der Waals surface area contributed by atoms with Crippen molar-refractivity contribution >= 4 is 33.2 Å². The fraction of sp³-hybridized carbons (Fsp3) is 0.333. The zero-order chi connectivity index (χ0) is 19.7. The predicted molar refractivity (Wildman–Crippen MR) is 111 cm³/mol. The van der Waals surface area contributed by atoms with Gasteiger partial charge in [0.2, 0.25) is 0 Å². The highest BCUT2D eigenvalue weighted by Crippen LogP contribution is 2.39. The fourth-order valence-electron chi connectivity index (χ4n) is 3.42. The lowest BCUT2D eigenvalue weighted by atomic mass is 9.91. The van der Waals surface area contributed by atoms with Crippen LogP contribution in [0.5, 0.6) is 0 Å². The van der Waals surface area contributed by atoms with Crippen LogP contribution in [0.1, 0.15) is 17.2 Å². The fourth-order valence-corrected chi connectivity index (χ4v) is 5.55. The number of ether oxygens (including phenoxy) is 1. The van der Waals surface area contributed by atoms with Crippen molar-refractivity contribution in [2.75, 3.05) is 6.61 Å². The van der Waals surface area contributed by atoms with Crippen LogP contribution in [0, 0.1) is 0 Å². The molecule has 1 fully saturated rings. The van der Waals surface area contributed by atoms with Crippen LogP contribution in [-0.4, -0.2) is 51.4 Å². The number of aliphatic hydroxyl groups excluding tert-OH is 4. The monoisotopic (exact) mass is 418 g/mol. The van der Waals surface area contributed by atoms with Crippen LogP contribution in [-0.2, 0) is 10.5 Å². The summed E-state index contributed by atoms with van der Waals surface area (Å²) in [4.78, 5) is 1.15. The Balaban J connectivity index is 1.60. The molecule has 5 atom stereocenters. The van der Waals surface area contributed by atoms with Crippen molar-refractivity contribution < 1.29 is 25.2 Å². The minimum atomic E-state index is -1.37. The number of fused-ring (bicyclic) bond motifs is 1. The van der Waals surface area contributed by atoms with E-state index >= 15 is 0 Å². The van der Waals surface area contributed by atoms with Gasteiger partial charge in [-0.1, -0.05) is 36.4 Å². The third kappa shape index (κ3) is 3.84. The van der Waals surface area contributed by atoms with Gasteiger partial charge in [-0.3, -0.25) is 0 Å². The number of benzene rings is 2. The van der Waals surface area contributed by atoms with E-state index in [9.17, 15) is 20.4 Å². The number of thiophene rings is 1. The van der Waals surface area contributed by atoms with Crippen LogP contribution in [0.3, 0.4) is 0 Å². The molecule has 28 heavy (non-hydrogen) atoms. The van der Waals surface area contributed by atoms with Crippen molar-refractivity contribution in [1.29, 1.82) is 0 Å². The van der Waals surface area contributed by atoms with E-state index in [1.54, 1.807) is 23.1 Å². The molecule has 5 nitrogen and oxygen atoms in total. The second-order valence-corrected chi connectivity index (χ2v) is 8.81. The van der Waals surface area contributed by atoms with Crippen LogP contribution in [0.4, 0.5) is 0 Å². The third-order valence-corrected chi connectivity index (χ3v) is 7.26. The Labute approximate surface area is 171 Å². The van der Waals surface area contributed by atoms with Crippen LogP contribution in [0.15, 0.2) is 58.8 Å². The van der Waals surface area contributed by atoms with E-state index in [0.29, 0.717) is 5.56 Å². The third-order valence-electron chi connectivity index (χ3n) is 5.02. The zero-order valence-electron chi connectivity index (χ0n) is 15.0. The van der Waals surface area contributed by atoms with Gasteiger partial charge in [0.1, 0.15) is 30.5 Å². The molecule has 148 valence electrons. The molecule has 1 aliphatic rings. The van der Waals surface area contributed by atoms with Crippen LogP contribution in [0.2, 0.25) is 0 Å². The maximum atomic E-state index is 10.4.